The molecule has 3 unspecified atom stereocenters. The largest absolute Gasteiger partial charge is 0.396 e. The first kappa shape index (κ1) is 12.2. The van der Waals surface area contributed by atoms with E-state index in [0.717, 1.165) is 6.54 Å². The highest BCUT2D eigenvalue weighted by Gasteiger charge is 2.45. The Labute approximate surface area is 125 Å². The normalized spacial score (nSPS) is 31.4. The standard InChI is InChI=1S/C18H22N2O/c21-11-12-10-20-16-6-2-1-4-14(16)15-7-9-19-8-3-5-13(12)17(19)18(15)20/h1-2,4,6,12-13,17,21H,3,5,7-11H2. The molecule has 1 fully saturated rings. The van der Waals surface area contributed by atoms with E-state index in [0.29, 0.717) is 24.5 Å². The second-order valence-electron chi connectivity index (χ2n) is 6.97. The highest BCUT2D eigenvalue weighted by Crippen LogP contribution is 2.50. The Hall–Kier alpha value is -1.32. The van der Waals surface area contributed by atoms with Gasteiger partial charge in [-0.15, -0.1) is 0 Å². The first-order valence-electron chi connectivity index (χ1n) is 8.33. The number of aliphatic hydroxyl groups is 1. The van der Waals surface area contributed by atoms with E-state index in [9.17, 15) is 5.11 Å². The van der Waals surface area contributed by atoms with Crippen LogP contribution in [0.2, 0.25) is 0 Å². The van der Waals surface area contributed by atoms with Gasteiger partial charge in [-0.3, -0.25) is 4.90 Å². The summed E-state index contributed by atoms with van der Waals surface area (Å²) < 4.78 is 2.53. The van der Waals surface area contributed by atoms with E-state index in [1.165, 1.54) is 43.3 Å². The summed E-state index contributed by atoms with van der Waals surface area (Å²) in [5.74, 6) is 1.08. The number of hydrogen-bond acceptors (Lipinski definition) is 2. The molecule has 3 nitrogen and oxygen atoms in total. The third-order valence-corrected chi connectivity index (χ3v) is 6.09. The molecule has 1 N–H and O–H groups in total. The molecule has 0 radical (unpaired) electrons. The third kappa shape index (κ3) is 1.51. The fourth-order valence-corrected chi connectivity index (χ4v) is 5.23. The molecule has 1 aromatic heterocycles. The number of hydrogen-bond donors (Lipinski definition) is 1. The van der Waals surface area contributed by atoms with Crippen LogP contribution < -0.4 is 0 Å². The zero-order valence-electron chi connectivity index (χ0n) is 12.3. The number of fused-ring (bicyclic) bond motifs is 3. The summed E-state index contributed by atoms with van der Waals surface area (Å²) in [4.78, 5) is 2.69. The van der Waals surface area contributed by atoms with Gasteiger partial charge < -0.3 is 9.67 Å². The van der Waals surface area contributed by atoms with Crippen LogP contribution in [-0.2, 0) is 13.0 Å². The summed E-state index contributed by atoms with van der Waals surface area (Å²) in [6.07, 6.45) is 3.77. The van der Waals surface area contributed by atoms with E-state index in [4.69, 9.17) is 0 Å². The van der Waals surface area contributed by atoms with E-state index in [1.807, 2.05) is 0 Å². The van der Waals surface area contributed by atoms with E-state index >= 15 is 0 Å². The van der Waals surface area contributed by atoms with Crippen molar-refractivity contribution in [2.45, 2.75) is 31.8 Å². The van der Waals surface area contributed by atoms with E-state index in [2.05, 4.69) is 33.7 Å². The Balaban J connectivity index is 1.80. The average Bonchev–Trinajstić information content (AvgIpc) is 2.88. The van der Waals surface area contributed by atoms with E-state index in [1.54, 1.807) is 11.3 Å². The maximum atomic E-state index is 9.91. The summed E-state index contributed by atoms with van der Waals surface area (Å²) in [6, 6.07) is 9.42. The Morgan fingerprint density at radius 3 is 3.00 bits per heavy atom. The summed E-state index contributed by atoms with van der Waals surface area (Å²) in [5.41, 5.74) is 4.55. The zero-order valence-corrected chi connectivity index (χ0v) is 12.3. The first-order chi connectivity index (χ1) is 10.4. The minimum Gasteiger partial charge on any atom is -0.396 e. The smallest absolute Gasteiger partial charge is 0.0536 e. The van der Waals surface area contributed by atoms with Gasteiger partial charge in [0.2, 0.25) is 0 Å². The highest BCUT2D eigenvalue weighted by atomic mass is 16.3. The molecule has 3 aliphatic rings. The maximum absolute atomic E-state index is 9.91. The predicted molar refractivity (Wildman–Crippen MR) is 83.3 cm³/mol. The second kappa shape index (κ2) is 4.34. The van der Waals surface area contributed by atoms with Gasteiger partial charge in [0.1, 0.15) is 0 Å². The second-order valence-corrected chi connectivity index (χ2v) is 6.97. The number of para-hydroxylation sites is 1. The molecule has 3 aliphatic heterocycles. The minimum absolute atomic E-state index is 0.330. The number of rotatable bonds is 1. The van der Waals surface area contributed by atoms with Gasteiger partial charge in [0.25, 0.3) is 0 Å². The van der Waals surface area contributed by atoms with Gasteiger partial charge in [-0.1, -0.05) is 18.2 Å². The molecule has 0 spiro atoms. The van der Waals surface area contributed by atoms with Crippen LogP contribution in [0, 0.1) is 11.8 Å². The number of benzene rings is 1. The molecule has 4 heterocycles. The van der Waals surface area contributed by atoms with Crippen molar-refractivity contribution >= 4 is 10.9 Å². The van der Waals surface area contributed by atoms with Crippen LogP contribution in [0.3, 0.4) is 0 Å². The lowest BCUT2D eigenvalue weighted by Crippen LogP contribution is -2.50. The van der Waals surface area contributed by atoms with Gasteiger partial charge in [0, 0.05) is 42.2 Å². The lowest BCUT2D eigenvalue weighted by molar-refractivity contribution is 0.00348. The molecular formula is C18H22N2O. The molecular weight excluding hydrogens is 260 g/mol. The fourth-order valence-electron chi connectivity index (χ4n) is 5.23. The van der Waals surface area contributed by atoms with Gasteiger partial charge in [-0.05, 0) is 43.4 Å². The molecule has 3 atom stereocenters. The minimum atomic E-state index is 0.330. The van der Waals surface area contributed by atoms with Gasteiger partial charge in [-0.2, -0.15) is 0 Å². The van der Waals surface area contributed by atoms with Crippen molar-refractivity contribution < 1.29 is 5.11 Å². The van der Waals surface area contributed by atoms with Gasteiger partial charge >= 0.3 is 0 Å². The van der Waals surface area contributed by atoms with Crippen LogP contribution in [0.1, 0.15) is 30.1 Å². The molecule has 0 saturated carbocycles. The molecule has 3 heteroatoms. The molecule has 1 aromatic carbocycles. The summed E-state index contributed by atoms with van der Waals surface area (Å²) in [5, 5.41) is 11.4. The molecule has 21 heavy (non-hydrogen) atoms. The topological polar surface area (TPSA) is 28.4 Å². The number of piperidine rings is 1. The molecule has 0 aliphatic carbocycles. The summed E-state index contributed by atoms with van der Waals surface area (Å²) in [7, 11) is 0. The fraction of sp³-hybridized carbons (Fsp3) is 0.556. The van der Waals surface area contributed by atoms with E-state index in [-0.39, 0.29) is 0 Å². The van der Waals surface area contributed by atoms with Gasteiger partial charge in [0.05, 0.1) is 6.04 Å². The molecule has 5 rings (SSSR count). The van der Waals surface area contributed by atoms with Crippen molar-refractivity contribution in [2.24, 2.45) is 11.8 Å². The SMILES string of the molecule is OCC1Cn2c3c(c4ccccc42)CCN2CCCC1C32. The average molecular weight is 282 g/mol. The summed E-state index contributed by atoms with van der Waals surface area (Å²) >= 11 is 0. The van der Waals surface area contributed by atoms with Crippen LogP contribution in [-0.4, -0.2) is 34.3 Å². The predicted octanol–water partition coefficient (Wildman–Crippen LogP) is 2.57. The van der Waals surface area contributed by atoms with E-state index < -0.39 is 0 Å². The quantitative estimate of drug-likeness (QED) is 0.871. The van der Waals surface area contributed by atoms with Crippen molar-refractivity contribution in [1.29, 1.82) is 0 Å². The number of aromatic nitrogens is 1. The van der Waals surface area contributed by atoms with Crippen LogP contribution in [0.15, 0.2) is 24.3 Å². The highest BCUT2D eigenvalue weighted by molar-refractivity contribution is 5.86. The Kier molecular flexibility index (Phi) is 2.53. The lowest BCUT2D eigenvalue weighted by Gasteiger charge is -2.50. The van der Waals surface area contributed by atoms with Crippen molar-refractivity contribution in [2.75, 3.05) is 19.7 Å². The van der Waals surface area contributed by atoms with Crippen LogP contribution in [0.25, 0.3) is 10.9 Å². The Bertz CT molecular complexity index is 705. The van der Waals surface area contributed by atoms with Gasteiger partial charge in [0.15, 0.2) is 0 Å². The Morgan fingerprint density at radius 1 is 1.19 bits per heavy atom. The van der Waals surface area contributed by atoms with Crippen LogP contribution in [0.5, 0.6) is 0 Å². The molecule has 1 saturated heterocycles. The Morgan fingerprint density at radius 2 is 2.10 bits per heavy atom. The van der Waals surface area contributed by atoms with Crippen LogP contribution in [0.4, 0.5) is 0 Å². The lowest BCUT2D eigenvalue weighted by atomic mass is 9.73. The number of aliphatic hydroxyl groups excluding tert-OH is 1. The zero-order chi connectivity index (χ0) is 14.0. The van der Waals surface area contributed by atoms with Crippen molar-refractivity contribution in [3.63, 3.8) is 0 Å². The van der Waals surface area contributed by atoms with Crippen LogP contribution >= 0.6 is 0 Å². The third-order valence-electron chi connectivity index (χ3n) is 6.09. The number of nitrogens with zero attached hydrogens (tertiary/aromatic N) is 2. The van der Waals surface area contributed by atoms with Crippen molar-refractivity contribution in [1.82, 2.24) is 9.47 Å². The molecule has 0 amide bonds. The van der Waals surface area contributed by atoms with Crippen molar-refractivity contribution in [3.8, 4) is 0 Å². The monoisotopic (exact) mass is 282 g/mol. The van der Waals surface area contributed by atoms with Gasteiger partial charge in [-0.25, -0.2) is 0 Å². The van der Waals surface area contributed by atoms with Crippen molar-refractivity contribution in [3.05, 3.63) is 35.5 Å². The summed E-state index contributed by atoms with van der Waals surface area (Å²) in [6.45, 7) is 3.76. The maximum Gasteiger partial charge on any atom is 0.0536 e. The molecule has 0 bridgehead atoms. The molecule has 2 aromatic rings. The molecule has 110 valence electrons. The first-order valence-corrected chi connectivity index (χ1v) is 8.33.